The molecule has 0 saturated carbocycles. The number of imidazole rings is 1. The summed E-state index contributed by atoms with van der Waals surface area (Å²) in [6, 6.07) is 7.49. The third-order valence-corrected chi connectivity index (χ3v) is 2.37. The molecule has 17 heavy (non-hydrogen) atoms. The molecule has 0 aliphatic rings. The van der Waals surface area contributed by atoms with Gasteiger partial charge in [-0.15, -0.1) is 0 Å². The number of nitrogens with two attached hydrogens (primary N) is 1. The van der Waals surface area contributed by atoms with Gasteiger partial charge in [0.25, 0.3) is 0 Å². The lowest BCUT2D eigenvalue weighted by Gasteiger charge is -2.06. The normalized spacial score (nSPS) is 10.2. The number of carbonyl (C=O) groups excluding carboxylic acids is 1. The summed E-state index contributed by atoms with van der Waals surface area (Å²) < 4.78 is 6.85. The second kappa shape index (κ2) is 4.69. The molecule has 0 aliphatic carbocycles. The van der Waals surface area contributed by atoms with Gasteiger partial charge in [-0.2, -0.15) is 0 Å². The molecule has 0 atom stereocenters. The Kier molecular flexibility index (Phi) is 3.09. The minimum atomic E-state index is -0.396. The minimum Gasteiger partial charge on any atom is -0.497 e. The van der Waals surface area contributed by atoms with Crippen molar-refractivity contribution in [3.63, 3.8) is 0 Å². The first-order valence-electron chi connectivity index (χ1n) is 5.14. The molecule has 2 aromatic rings. The summed E-state index contributed by atoms with van der Waals surface area (Å²) in [6.07, 6.45) is 3.36. The molecular weight excluding hydrogens is 218 g/mol. The standard InChI is InChI=1S/C12H13N3O2/c1-17-10-4-2-3-9(7-10)12-14-5-6-15(12)8-11(13)16/h2-7H,8H2,1H3,(H2,13,16). The van der Waals surface area contributed by atoms with Gasteiger partial charge >= 0.3 is 0 Å². The Hall–Kier alpha value is -2.30. The summed E-state index contributed by atoms with van der Waals surface area (Å²) >= 11 is 0. The Balaban J connectivity index is 2.38. The number of aromatic nitrogens is 2. The summed E-state index contributed by atoms with van der Waals surface area (Å²) in [6.45, 7) is 0.118. The van der Waals surface area contributed by atoms with Gasteiger partial charge in [-0.05, 0) is 12.1 Å². The third kappa shape index (κ3) is 2.44. The molecule has 0 unspecified atom stereocenters. The van der Waals surface area contributed by atoms with Gasteiger partial charge in [-0.1, -0.05) is 12.1 Å². The van der Waals surface area contributed by atoms with Crippen molar-refractivity contribution < 1.29 is 9.53 Å². The zero-order chi connectivity index (χ0) is 12.3. The largest absolute Gasteiger partial charge is 0.497 e. The molecule has 1 aromatic carbocycles. The van der Waals surface area contributed by atoms with Gasteiger partial charge in [0.1, 0.15) is 18.1 Å². The molecule has 0 spiro atoms. The molecule has 2 N–H and O–H groups in total. The van der Waals surface area contributed by atoms with Crippen LogP contribution in [0.15, 0.2) is 36.7 Å². The number of ether oxygens (including phenoxy) is 1. The molecule has 0 radical (unpaired) electrons. The Morgan fingerprint density at radius 2 is 2.35 bits per heavy atom. The number of methoxy groups -OCH3 is 1. The van der Waals surface area contributed by atoms with Gasteiger partial charge in [0.2, 0.25) is 5.91 Å². The lowest BCUT2D eigenvalue weighted by atomic mass is 10.2. The quantitative estimate of drug-likeness (QED) is 0.854. The van der Waals surface area contributed by atoms with Crippen LogP contribution in [-0.4, -0.2) is 22.6 Å². The van der Waals surface area contributed by atoms with Gasteiger partial charge in [-0.3, -0.25) is 4.79 Å². The van der Waals surface area contributed by atoms with Crippen molar-refractivity contribution in [1.82, 2.24) is 9.55 Å². The Labute approximate surface area is 98.8 Å². The Morgan fingerprint density at radius 3 is 3.06 bits per heavy atom. The third-order valence-electron chi connectivity index (χ3n) is 2.37. The fourth-order valence-corrected chi connectivity index (χ4v) is 1.63. The van der Waals surface area contributed by atoms with Crippen molar-refractivity contribution in [2.75, 3.05) is 7.11 Å². The summed E-state index contributed by atoms with van der Waals surface area (Å²) in [5, 5.41) is 0. The van der Waals surface area contributed by atoms with Crippen LogP contribution in [0, 0.1) is 0 Å². The van der Waals surface area contributed by atoms with Crippen molar-refractivity contribution in [1.29, 1.82) is 0 Å². The number of hydrogen-bond donors (Lipinski definition) is 1. The minimum absolute atomic E-state index is 0.118. The van der Waals surface area contributed by atoms with Crippen molar-refractivity contribution in [3.05, 3.63) is 36.7 Å². The molecule has 2 rings (SSSR count). The maximum Gasteiger partial charge on any atom is 0.237 e. The number of nitrogens with zero attached hydrogens (tertiary/aromatic N) is 2. The molecule has 5 nitrogen and oxygen atoms in total. The first kappa shape index (κ1) is 11.2. The molecule has 1 amide bonds. The van der Waals surface area contributed by atoms with E-state index in [1.807, 2.05) is 24.3 Å². The SMILES string of the molecule is COc1cccc(-c2nccn2CC(N)=O)c1. The predicted octanol–water partition coefficient (Wildman–Crippen LogP) is 1.04. The molecule has 0 aliphatic heterocycles. The second-order valence-corrected chi connectivity index (χ2v) is 3.58. The molecule has 88 valence electrons. The van der Waals surface area contributed by atoms with E-state index in [1.165, 1.54) is 0 Å². The molecule has 0 saturated heterocycles. The maximum atomic E-state index is 10.9. The first-order chi connectivity index (χ1) is 8.20. The van der Waals surface area contributed by atoms with Gasteiger partial charge in [0, 0.05) is 18.0 Å². The van der Waals surface area contributed by atoms with Crippen LogP contribution in [-0.2, 0) is 11.3 Å². The van der Waals surface area contributed by atoms with Crippen molar-refractivity contribution in [2.45, 2.75) is 6.54 Å². The molecule has 1 heterocycles. The van der Waals surface area contributed by atoms with Crippen molar-refractivity contribution in [3.8, 4) is 17.1 Å². The maximum absolute atomic E-state index is 10.9. The van der Waals surface area contributed by atoms with E-state index in [-0.39, 0.29) is 6.54 Å². The predicted molar refractivity (Wildman–Crippen MR) is 63.4 cm³/mol. The Morgan fingerprint density at radius 1 is 1.53 bits per heavy atom. The van der Waals surface area contributed by atoms with Crippen LogP contribution < -0.4 is 10.5 Å². The fourth-order valence-electron chi connectivity index (χ4n) is 1.63. The van der Waals surface area contributed by atoms with Crippen LogP contribution in [0.25, 0.3) is 11.4 Å². The smallest absolute Gasteiger partial charge is 0.237 e. The zero-order valence-corrected chi connectivity index (χ0v) is 9.46. The topological polar surface area (TPSA) is 70.1 Å². The second-order valence-electron chi connectivity index (χ2n) is 3.58. The first-order valence-corrected chi connectivity index (χ1v) is 5.14. The monoisotopic (exact) mass is 231 g/mol. The highest BCUT2D eigenvalue weighted by Crippen LogP contribution is 2.22. The van der Waals surface area contributed by atoms with E-state index in [0.717, 1.165) is 11.3 Å². The highest BCUT2D eigenvalue weighted by Gasteiger charge is 2.08. The number of benzene rings is 1. The van der Waals surface area contributed by atoms with Gasteiger partial charge in [-0.25, -0.2) is 4.98 Å². The van der Waals surface area contributed by atoms with E-state index in [4.69, 9.17) is 10.5 Å². The summed E-state index contributed by atoms with van der Waals surface area (Å²) in [5.74, 6) is 1.05. The summed E-state index contributed by atoms with van der Waals surface area (Å²) in [5.41, 5.74) is 6.06. The van der Waals surface area contributed by atoms with Crippen LogP contribution in [0.2, 0.25) is 0 Å². The van der Waals surface area contributed by atoms with Gasteiger partial charge in [0.05, 0.1) is 7.11 Å². The van der Waals surface area contributed by atoms with Crippen molar-refractivity contribution >= 4 is 5.91 Å². The van der Waals surface area contributed by atoms with Crippen LogP contribution >= 0.6 is 0 Å². The zero-order valence-electron chi connectivity index (χ0n) is 9.46. The highest BCUT2D eigenvalue weighted by atomic mass is 16.5. The van der Waals surface area contributed by atoms with E-state index in [9.17, 15) is 4.79 Å². The van der Waals surface area contributed by atoms with Gasteiger partial charge in [0.15, 0.2) is 0 Å². The van der Waals surface area contributed by atoms with Crippen LogP contribution in [0.5, 0.6) is 5.75 Å². The Bertz CT molecular complexity index is 534. The molecule has 0 fully saturated rings. The molecule has 0 bridgehead atoms. The van der Waals surface area contributed by atoms with Crippen molar-refractivity contribution in [2.24, 2.45) is 5.73 Å². The van der Waals surface area contributed by atoms with Gasteiger partial charge < -0.3 is 15.0 Å². The molecular formula is C12H13N3O2. The molecule has 5 heteroatoms. The highest BCUT2D eigenvalue weighted by molar-refractivity contribution is 5.74. The van der Waals surface area contributed by atoms with E-state index in [1.54, 1.807) is 24.1 Å². The number of rotatable bonds is 4. The number of carbonyl (C=O) groups is 1. The van der Waals surface area contributed by atoms with Crippen LogP contribution in [0.1, 0.15) is 0 Å². The average Bonchev–Trinajstić information content (AvgIpc) is 2.76. The lowest BCUT2D eigenvalue weighted by Crippen LogP contribution is -2.18. The summed E-state index contributed by atoms with van der Waals surface area (Å²) in [4.78, 5) is 15.1. The van der Waals surface area contributed by atoms with Crippen LogP contribution in [0.4, 0.5) is 0 Å². The number of amides is 1. The van der Waals surface area contributed by atoms with Crippen LogP contribution in [0.3, 0.4) is 0 Å². The molecule has 1 aromatic heterocycles. The van der Waals surface area contributed by atoms with E-state index >= 15 is 0 Å². The van der Waals surface area contributed by atoms with E-state index in [2.05, 4.69) is 4.98 Å². The van der Waals surface area contributed by atoms with E-state index < -0.39 is 5.91 Å². The number of primary amides is 1. The lowest BCUT2D eigenvalue weighted by molar-refractivity contribution is -0.118. The fraction of sp³-hybridized carbons (Fsp3) is 0.167. The number of hydrogen-bond acceptors (Lipinski definition) is 3. The average molecular weight is 231 g/mol. The van der Waals surface area contributed by atoms with E-state index in [0.29, 0.717) is 5.82 Å². The summed E-state index contributed by atoms with van der Waals surface area (Å²) in [7, 11) is 1.61.